The smallest absolute Gasteiger partial charge is 0.0945 e. The van der Waals surface area contributed by atoms with E-state index in [2.05, 4.69) is 22.2 Å². The lowest BCUT2D eigenvalue weighted by molar-refractivity contribution is -0.368. The summed E-state index contributed by atoms with van der Waals surface area (Å²) in [7, 11) is 1.42. The lowest BCUT2D eigenvalue weighted by atomic mass is 10.1. The maximum atomic E-state index is 9.24. The Bertz CT molecular complexity index is 280. The number of nitrogens with zero attached hydrogens (tertiary/aromatic N) is 1. The SMILES string of the molecule is CCl.CON(O)c1ccc(CCCC[NH3+])cc1. The predicted molar refractivity (Wildman–Crippen MR) is 70.2 cm³/mol. The van der Waals surface area contributed by atoms with Gasteiger partial charge in [-0.3, -0.25) is 10.0 Å². The van der Waals surface area contributed by atoms with E-state index in [4.69, 9.17) is 0 Å². The monoisotopic (exact) mass is 261 g/mol. The second-order valence-corrected chi connectivity index (χ2v) is 3.43. The number of hydrogen-bond donors (Lipinski definition) is 2. The molecular weight excluding hydrogens is 240 g/mol. The molecule has 0 bridgehead atoms. The van der Waals surface area contributed by atoms with Crippen LogP contribution < -0.4 is 11.0 Å². The highest BCUT2D eigenvalue weighted by Crippen LogP contribution is 2.14. The van der Waals surface area contributed by atoms with E-state index >= 15 is 0 Å². The van der Waals surface area contributed by atoms with Gasteiger partial charge in [0.2, 0.25) is 0 Å². The molecule has 1 rings (SSSR count). The summed E-state index contributed by atoms with van der Waals surface area (Å²) in [6, 6.07) is 7.67. The minimum atomic E-state index is 0.637. The van der Waals surface area contributed by atoms with Gasteiger partial charge in [-0.1, -0.05) is 12.1 Å². The molecule has 1 aromatic carbocycles. The Morgan fingerprint density at radius 2 is 1.82 bits per heavy atom. The van der Waals surface area contributed by atoms with E-state index < -0.39 is 0 Å². The summed E-state index contributed by atoms with van der Waals surface area (Å²) in [5.41, 5.74) is 5.72. The molecule has 0 atom stereocenters. The third kappa shape index (κ3) is 6.48. The highest BCUT2D eigenvalue weighted by atomic mass is 35.5. The Morgan fingerprint density at radius 1 is 1.24 bits per heavy atom. The Labute approximate surface area is 108 Å². The van der Waals surface area contributed by atoms with Crippen molar-refractivity contribution in [1.82, 2.24) is 0 Å². The zero-order valence-electron chi connectivity index (χ0n) is 10.5. The number of quaternary nitrogens is 1. The second kappa shape index (κ2) is 10.4. The molecule has 0 unspecified atom stereocenters. The minimum absolute atomic E-state index is 0.637. The van der Waals surface area contributed by atoms with E-state index in [-0.39, 0.29) is 0 Å². The molecule has 0 amide bonds. The van der Waals surface area contributed by atoms with E-state index in [1.165, 1.54) is 19.1 Å². The van der Waals surface area contributed by atoms with Crippen molar-refractivity contribution in [3.8, 4) is 0 Å². The maximum Gasteiger partial charge on any atom is 0.0945 e. The quantitative estimate of drug-likeness (QED) is 0.467. The molecule has 0 saturated heterocycles. The number of rotatable bonds is 6. The number of alkyl halides is 1. The van der Waals surface area contributed by atoms with Gasteiger partial charge < -0.3 is 5.73 Å². The van der Waals surface area contributed by atoms with Crippen LogP contribution in [0.1, 0.15) is 18.4 Å². The molecule has 0 aliphatic heterocycles. The molecule has 17 heavy (non-hydrogen) atoms. The van der Waals surface area contributed by atoms with Crippen molar-refractivity contribution in [2.75, 3.05) is 25.3 Å². The summed E-state index contributed by atoms with van der Waals surface area (Å²) in [6.45, 7) is 0.992. The van der Waals surface area contributed by atoms with Gasteiger partial charge in [0.15, 0.2) is 0 Å². The zero-order chi connectivity index (χ0) is 13.1. The van der Waals surface area contributed by atoms with Crippen molar-refractivity contribution in [3.63, 3.8) is 0 Å². The van der Waals surface area contributed by atoms with Gasteiger partial charge in [-0.05, 0) is 37.0 Å². The Morgan fingerprint density at radius 3 is 2.29 bits per heavy atom. The maximum absolute atomic E-state index is 9.24. The Hall–Kier alpha value is -0.810. The van der Waals surface area contributed by atoms with Crippen LogP contribution in [-0.2, 0) is 11.3 Å². The van der Waals surface area contributed by atoms with E-state index in [9.17, 15) is 5.21 Å². The van der Waals surface area contributed by atoms with E-state index in [0.717, 1.165) is 31.0 Å². The first-order chi connectivity index (χ1) is 8.27. The number of benzene rings is 1. The fourth-order valence-electron chi connectivity index (χ4n) is 1.40. The minimum Gasteiger partial charge on any atom is -0.358 e. The first kappa shape index (κ1) is 16.2. The van der Waals surface area contributed by atoms with Crippen molar-refractivity contribution >= 4 is 17.3 Å². The van der Waals surface area contributed by atoms with Crippen molar-refractivity contribution < 1.29 is 15.8 Å². The van der Waals surface area contributed by atoms with Crippen LogP contribution in [0.25, 0.3) is 0 Å². The first-order valence-corrected chi connectivity index (χ1v) is 6.32. The van der Waals surface area contributed by atoms with Crippen molar-refractivity contribution in [2.45, 2.75) is 19.3 Å². The zero-order valence-corrected chi connectivity index (χ0v) is 11.3. The highest BCUT2D eigenvalue weighted by Gasteiger charge is 2.00. The summed E-state index contributed by atoms with van der Waals surface area (Å²) < 4.78 is 0. The molecule has 0 aromatic heterocycles. The molecule has 98 valence electrons. The van der Waals surface area contributed by atoms with Crippen LogP contribution in [0.15, 0.2) is 24.3 Å². The van der Waals surface area contributed by atoms with Crippen LogP contribution in [-0.4, -0.2) is 25.2 Å². The molecule has 0 spiro atoms. The highest BCUT2D eigenvalue weighted by molar-refractivity contribution is 6.15. The van der Waals surface area contributed by atoms with Gasteiger partial charge in [-0.2, -0.15) is 0 Å². The number of halogens is 1. The molecule has 4 nitrogen and oxygen atoms in total. The first-order valence-electron chi connectivity index (χ1n) is 5.57. The predicted octanol–water partition coefficient (Wildman–Crippen LogP) is 1.86. The van der Waals surface area contributed by atoms with E-state index in [0.29, 0.717) is 5.69 Å². The molecule has 0 heterocycles. The summed E-state index contributed by atoms with van der Waals surface area (Å²) in [4.78, 5) is 4.66. The standard InChI is InChI=1S/C11H18N2O2.CH3Cl/c1-15-13(14)11-7-5-10(6-8-11)4-2-3-9-12;1-2/h5-8,14H,2-4,9,12H2,1H3;1H3/p+1. The topological polar surface area (TPSA) is 60.3 Å². The molecular formula is C12H22ClN2O2+. The summed E-state index contributed by atoms with van der Waals surface area (Å²) in [6.07, 6.45) is 4.86. The number of aryl methyl sites for hydroxylation is 1. The largest absolute Gasteiger partial charge is 0.358 e. The summed E-state index contributed by atoms with van der Waals surface area (Å²) in [5.74, 6) is 0. The second-order valence-electron chi connectivity index (χ2n) is 3.43. The van der Waals surface area contributed by atoms with Gasteiger partial charge in [0.25, 0.3) is 0 Å². The van der Waals surface area contributed by atoms with Gasteiger partial charge >= 0.3 is 0 Å². The van der Waals surface area contributed by atoms with Crippen LogP contribution in [0.3, 0.4) is 0 Å². The number of anilines is 1. The molecule has 4 N–H and O–H groups in total. The van der Waals surface area contributed by atoms with E-state index in [1.54, 1.807) is 0 Å². The Kier molecular flexibility index (Phi) is 9.86. The number of unbranched alkanes of at least 4 members (excludes halogenated alkanes) is 1. The summed E-state index contributed by atoms with van der Waals surface area (Å²) in [5, 5.41) is 9.99. The molecule has 0 radical (unpaired) electrons. The normalized spacial score (nSPS) is 9.47. The van der Waals surface area contributed by atoms with Gasteiger partial charge in [0, 0.05) is 6.38 Å². The molecule has 0 saturated carbocycles. The van der Waals surface area contributed by atoms with E-state index in [1.807, 2.05) is 24.3 Å². The van der Waals surface area contributed by atoms with Crippen LogP contribution >= 0.6 is 11.6 Å². The molecule has 1 aromatic rings. The van der Waals surface area contributed by atoms with Crippen LogP contribution in [0.5, 0.6) is 0 Å². The lowest BCUT2D eigenvalue weighted by Gasteiger charge is -2.13. The van der Waals surface area contributed by atoms with Crippen molar-refractivity contribution in [1.29, 1.82) is 0 Å². The van der Waals surface area contributed by atoms with Gasteiger partial charge in [-0.25, -0.2) is 0 Å². The van der Waals surface area contributed by atoms with Crippen molar-refractivity contribution in [3.05, 3.63) is 29.8 Å². The average molecular weight is 262 g/mol. The molecule has 0 aliphatic carbocycles. The fourth-order valence-corrected chi connectivity index (χ4v) is 1.40. The van der Waals surface area contributed by atoms with Crippen LogP contribution in [0.4, 0.5) is 5.69 Å². The van der Waals surface area contributed by atoms with Crippen molar-refractivity contribution in [2.24, 2.45) is 0 Å². The molecule has 0 aliphatic rings. The third-order valence-electron chi connectivity index (χ3n) is 2.30. The third-order valence-corrected chi connectivity index (χ3v) is 2.30. The van der Waals surface area contributed by atoms with Crippen LogP contribution in [0, 0.1) is 0 Å². The Balaban J connectivity index is 0.00000121. The molecule has 0 fully saturated rings. The molecule has 5 heteroatoms. The van der Waals surface area contributed by atoms with Gasteiger partial charge in [0.1, 0.15) is 0 Å². The van der Waals surface area contributed by atoms with Crippen LogP contribution in [0.2, 0.25) is 0 Å². The lowest BCUT2D eigenvalue weighted by Crippen LogP contribution is -2.50. The number of hydrogen-bond acceptors (Lipinski definition) is 3. The summed E-state index contributed by atoms with van der Waals surface area (Å²) >= 11 is 4.64. The average Bonchev–Trinajstić information content (AvgIpc) is 2.41. The fraction of sp³-hybridized carbons (Fsp3) is 0.500. The van der Waals surface area contributed by atoms with Gasteiger partial charge in [0.05, 0.1) is 19.3 Å². The van der Waals surface area contributed by atoms with Gasteiger partial charge in [-0.15, -0.1) is 16.8 Å².